The van der Waals surface area contributed by atoms with Crippen molar-refractivity contribution in [2.45, 2.75) is 25.9 Å². The zero-order valence-electron chi connectivity index (χ0n) is 11.9. The first kappa shape index (κ1) is 15.0. The minimum absolute atomic E-state index is 0.245. The highest BCUT2D eigenvalue weighted by Gasteiger charge is 2.21. The van der Waals surface area contributed by atoms with Gasteiger partial charge in [0.1, 0.15) is 5.82 Å². The Kier molecular flexibility index (Phi) is 5.54. The van der Waals surface area contributed by atoms with Crippen molar-refractivity contribution in [3.63, 3.8) is 0 Å². The average molecular weight is 276 g/mol. The van der Waals surface area contributed by atoms with Crippen LogP contribution in [0.2, 0.25) is 0 Å². The highest BCUT2D eigenvalue weighted by atomic mass is 19.1. The fourth-order valence-corrected chi connectivity index (χ4v) is 2.47. The van der Waals surface area contributed by atoms with Crippen LogP contribution in [0, 0.1) is 17.7 Å². The second kappa shape index (κ2) is 7.39. The van der Waals surface area contributed by atoms with E-state index in [0.29, 0.717) is 11.6 Å². The summed E-state index contributed by atoms with van der Waals surface area (Å²) in [7, 11) is 0. The minimum atomic E-state index is -0.245. The van der Waals surface area contributed by atoms with Crippen LogP contribution in [0.3, 0.4) is 0 Å². The van der Waals surface area contributed by atoms with Crippen molar-refractivity contribution in [2.75, 3.05) is 26.3 Å². The van der Waals surface area contributed by atoms with Crippen LogP contribution in [0.5, 0.6) is 0 Å². The molecule has 20 heavy (non-hydrogen) atoms. The van der Waals surface area contributed by atoms with Crippen molar-refractivity contribution in [1.29, 1.82) is 0 Å². The molecule has 3 nitrogen and oxygen atoms in total. The molecule has 0 bridgehead atoms. The van der Waals surface area contributed by atoms with Crippen molar-refractivity contribution in [2.24, 2.45) is 5.73 Å². The van der Waals surface area contributed by atoms with Crippen LogP contribution >= 0.6 is 0 Å². The van der Waals surface area contributed by atoms with Crippen molar-refractivity contribution in [3.05, 3.63) is 35.1 Å². The summed E-state index contributed by atoms with van der Waals surface area (Å²) in [6.45, 7) is 5.55. The van der Waals surface area contributed by atoms with Gasteiger partial charge in [-0.2, -0.15) is 0 Å². The fraction of sp³-hybridized carbons (Fsp3) is 0.500. The number of nitrogens with zero attached hydrogens (tertiary/aromatic N) is 1. The van der Waals surface area contributed by atoms with Crippen molar-refractivity contribution >= 4 is 0 Å². The number of ether oxygens (including phenoxy) is 1. The Morgan fingerprint density at radius 1 is 1.45 bits per heavy atom. The lowest BCUT2D eigenvalue weighted by atomic mass is 10.1. The van der Waals surface area contributed by atoms with Crippen LogP contribution in [-0.4, -0.2) is 37.2 Å². The van der Waals surface area contributed by atoms with Gasteiger partial charge in [-0.05, 0) is 30.2 Å². The fourth-order valence-electron chi connectivity index (χ4n) is 2.47. The largest absolute Gasteiger partial charge is 0.378 e. The first-order chi connectivity index (χ1) is 9.72. The molecule has 0 amide bonds. The minimum Gasteiger partial charge on any atom is -0.378 e. The van der Waals surface area contributed by atoms with E-state index < -0.39 is 0 Å². The molecule has 1 aliphatic heterocycles. The Hall–Kier alpha value is -1.41. The molecule has 1 aromatic rings. The maximum absolute atomic E-state index is 13.6. The molecule has 1 aromatic carbocycles. The van der Waals surface area contributed by atoms with Crippen molar-refractivity contribution in [1.82, 2.24) is 4.90 Å². The Morgan fingerprint density at radius 3 is 3.05 bits per heavy atom. The average Bonchev–Trinajstić information content (AvgIpc) is 2.45. The van der Waals surface area contributed by atoms with Gasteiger partial charge >= 0.3 is 0 Å². The van der Waals surface area contributed by atoms with E-state index in [1.54, 1.807) is 6.07 Å². The van der Waals surface area contributed by atoms with E-state index in [4.69, 9.17) is 10.5 Å². The molecule has 0 saturated carbocycles. The van der Waals surface area contributed by atoms with Gasteiger partial charge in [0.2, 0.25) is 0 Å². The van der Waals surface area contributed by atoms with Crippen LogP contribution in [-0.2, 0) is 11.3 Å². The molecule has 0 spiro atoms. The highest BCUT2D eigenvalue weighted by Crippen LogP contribution is 2.16. The van der Waals surface area contributed by atoms with Gasteiger partial charge in [-0.15, -0.1) is 0 Å². The Morgan fingerprint density at radius 2 is 2.30 bits per heavy atom. The summed E-state index contributed by atoms with van der Waals surface area (Å²) in [4.78, 5) is 2.35. The first-order valence-electron chi connectivity index (χ1n) is 7.03. The van der Waals surface area contributed by atoms with Gasteiger partial charge in [0.25, 0.3) is 0 Å². The third-order valence-electron chi connectivity index (χ3n) is 3.50. The Balaban J connectivity index is 2.13. The van der Waals surface area contributed by atoms with Gasteiger partial charge < -0.3 is 10.5 Å². The zero-order chi connectivity index (χ0) is 14.4. The highest BCUT2D eigenvalue weighted by molar-refractivity contribution is 5.38. The summed E-state index contributed by atoms with van der Waals surface area (Å²) in [5.74, 6) is 5.40. The molecule has 0 aromatic heterocycles. The molecule has 2 N–H and O–H groups in total. The molecule has 0 aliphatic carbocycles. The number of hydrogen-bond acceptors (Lipinski definition) is 3. The number of nitrogens with two attached hydrogens (primary N) is 1. The molecule has 1 atom stereocenters. The Bertz CT molecular complexity index is 507. The topological polar surface area (TPSA) is 38.5 Å². The van der Waals surface area contributed by atoms with E-state index in [9.17, 15) is 4.39 Å². The summed E-state index contributed by atoms with van der Waals surface area (Å²) in [5, 5.41) is 0. The van der Waals surface area contributed by atoms with Gasteiger partial charge in [0.05, 0.1) is 19.8 Å². The van der Waals surface area contributed by atoms with Crippen LogP contribution < -0.4 is 5.73 Å². The van der Waals surface area contributed by atoms with Gasteiger partial charge in [-0.3, -0.25) is 4.90 Å². The Labute approximate surface area is 119 Å². The maximum Gasteiger partial charge on any atom is 0.124 e. The standard InChI is InChI=1S/C16H21FN2O/c1-2-16-12-20-7-6-19(16)11-14-8-13(4-3-5-18)9-15(17)10-14/h8-10,16H,2,5-7,11-12,18H2,1H3. The van der Waals surface area contributed by atoms with Gasteiger partial charge in [0, 0.05) is 24.7 Å². The lowest BCUT2D eigenvalue weighted by Crippen LogP contribution is -2.44. The normalized spacial score (nSPS) is 19.4. The van der Waals surface area contributed by atoms with Gasteiger partial charge in [0.15, 0.2) is 0 Å². The molecular weight excluding hydrogens is 255 g/mol. The summed E-state index contributed by atoms with van der Waals surface area (Å²) in [5.41, 5.74) is 6.99. The summed E-state index contributed by atoms with van der Waals surface area (Å²) in [6.07, 6.45) is 1.04. The quantitative estimate of drug-likeness (QED) is 0.855. The van der Waals surface area contributed by atoms with Gasteiger partial charge in [-0.25, -0.2) is 4.39 Å². The molecule has 1 fully saturated rings. The van der Waals surface area contributed by atoms with E-state index in [2.05, 4.69) is 23.7 Å². The summed E-state index contributed by atoms with van der Waals surface area (Å²) >= 11 is 0. The van der Waals surface area contributed by atoms with Crippen LogP contribution in [0.25, 0.3) is 0 Å². The van der Waals surface area contributed by atoms with Crippen molar-refractivity contribution in [3.8, 4) is 11.8 Å². The molecular formula is C16H21FN2O. The van der Waals surface area contributed by atoms with Crippen LogP contribution in [0.1, 0.15) is 24.5 Å². The number of benzene rings is 1. The van der Waals surface area contributed by atoms with E-state index in [-0.39, 0.29) is 12.4 Å². The van der Waals surface area contributed by atoms with Crippen molar-refractivity contribution < 1.29 is 9.13 Å². The summed E-state index contributed by atoms with van der Waals surface area (Å²) in [6, 6.07) is 5.37. The zero-order valence-corrected chi connectivity index (χ0v) is 11.9. The molecule has 2 rings (SSSR count). The number of rotatable bonds is 3. The number of halogens is 1. The lowest BCUT2D eigenvalue weighted by molar-refractivity contribution is -0.0127. The smallest absolute Gasteiger partial charge is 0.124 e. The third-order valence-corrected chi connectivity index (χ3v) is 3.50. The molecule has 1 aliphatic rings. The number of hydrogen-bond donors (Lipinski definition) is 1. The molecule has 1 heterocycles. The van der Waals surface area contributed by atoms with Crippen LogP contribution in [0.4, 0.5) is 4.39 Å². The first-order valence-corrected chi connectivity index (χ1v) is 7.03. The van der Waals surface area contributed by atoms with Crippen LogP contribution in [0.15, 0.2) is 18.2 Å². The lowest BCUT2D eigenvalue weighted by Gasteiger charge is -2.35. The maximum atomic E-state index is 13.6. The van der Waals surface area contributed by atoms with E-state index in [0.717, 1.165) is 38.3 Å². The molecule has 1 unspecified atom stereocenters. The predicted molar refractivity (Wildman–Crippen MR) is 77.6 cm³/mol. The van der Waals surface area contributed by atoms with E-state index in [1.807, 2.05) is 6.07 Å². The third kappa shape index (κ3) is 4.04. The molecule has 1 saturated heterocycles. The molecule has 4 heteroatoms. The SMILES string of the molecule is CCC1COCCN1Cc1cc(F)cc(C#CCN)c1. The predicted octanol–water partition coefficient (Wildman–Crippen LogP) is 1.75. The summed E-state index contributed by atoms with van der Waals surface area (Å²) < 4.78 is 19.1. The second-order valence-corrected chi connectivity index (χ2v) is 4.96. The number of morpholine rings is 1. The molecule has 108 valence electrons. The molecule has 0 radical (unpaired) electrons. The van der Waals surface area contributed by atoms with E-state index >= 15 is 0 Å². The monoisotopic (exact) mass is 276 g/mol. The van der Waals surface area contributed by atoms with Gasteiger partial charge in [-0.1, -0.05) is 18.8 Å². The second-order valence-electron chi connectivity index (χ2n) is 4.96. The van der Waals surface area contributed by atoms with E-state index in [1.165, 1.54) is 6.07 Å².